The van der Waals surface area contributed by atoms with Gasteiger partial charge in [0, 0.05) is 6.54 Å². The van der Waals surface area contributed by atoms with Crippen LogP contribution in [0.25, 0.3) is 0 Å². The molecule has 4 rings (SSSR count). The maximum atomic E-state index is 13.6. The van der Waals surface area contributed by atoms with Crippen LogP contribution in [-0.4, -0.2) is 53.3 Å². The Balaban J connectivity index is 0.00000272. The summed E-state index contributed by atoms with van der Waals surface area (Å²) in [4.78, 5) is 26.5. The van der Waals surface area contributed by atoms with E-state index in [4.69, 9.17) is 5.11 Å². The van der Waals surface area contributed by atoms with E-state index >= 15 is 0 Å². The fourth-order valence-electron chi connectivity index (χ4n) is 4.38. The van der Waals surface area contributed by atoms with Crippen molar-refractivity contribution in [3.05, 3.63) is 70.5 Å². The number of benzene rings is 2. The van der Waals surface area contributed by atoms with Gasteiger partial charge in [-0.2, -0.15) is 0 Å². The van der Waals surface area contributed by atoms with Crippen LogP contribution in [0, 0.1) is 12.7 Å². The zero-order valence-corrected chi connectivity index (χ0v) is 17.2. The van der Waals surface area contributed by atoms with Crippen molar-refractivity contribution < 1.29 is 19.1 Å². The summed E-state index contributed by atoms with van der Waals surface area (Å²) in [5.41, 5.74) is 2.45. The van der Waals surface area contributed by atoms with E-state index in [1.54, 1.807) is 37.3 Å². The van der Waals surface area contributed by atoms with Gasteiger partial charge in [0.25, 0.3) is 0 Å². The third kappa shape index (κ3) is 5.20. The second-order valence-electron chi connectivity index (χ2n) is 8.52. The fourth-order valence-corrected chi connectivity index (χ4v) is 4.38. The molecule has 1 amide bonds. The van der Waals surface area contributed by atoms with Gasteiger partial charge in [0.15, 0.2) is 0 Å². The molecule has 1 saturated heterocycles. The van der Waals surface area contributed by atoms with Crippen LogP contribution < -0.4 is 5.32 Å². The number of carboxylic acids is 1. The summed E-state index contributed by atoms with van der Waals surface area (Å²) in [6.45, 7) is 3.22. The van der Waals surface area contributed by atoms with Crippen LogP contribution in [-0.2, 0) is 16.9 Å². The summed E-state index contributed by atoms with van der Waals surface area (Å²) in [6, 6.07) is 11.7. The SMILES string of the molecule is Cc1cc(CN2CCCC[C@@H]2C(=O)NC2(c3ccc(C(=O)O)cc3)CC2)ccc1F.[LiH]. The Morgan fingerprint density at radius 2 is 1.87 bits per heavy atom. The number of aromatic carboxylic acids is 1. The number of halogens is 1. The van der Waals surface area contributed by atoms with Crippen LogP contribution in [0.15, 0.2) is 42.5 Å². The first-order valence-corrected chi connectivity index (χ1v) is 10.5. The minimum atomic E-state index is -0.954. The quantitative estimate of drug-likeness (QED) is 0.706. The summed E-state index contributed by atoms with van der Waals surface area (Å²) in [6.07, 6.45) is 4.58. The van der Waals surface area contributed by atoms with E-state index in [-0.39, 0.29) is 47.7 Å². The molecule has 31 heavy (non-hydrogen) atoms. The van der Waals surface area contributed by atoms with Crippen LogP contribution >= 0.6 is 0 Å². The molecule has 160 valence electrons. The molecule has 0 aromatic heterocycles. The zero-order chi connectivity index (χ0) is 21.3. The Labute approximate surface area is 194 Å². The first-order chi connectivity index (χ1) is 14.4. The molecule has 0 bridgehead atoms. The first-order valence-electron chi connectivity index (χ1n) is 10.5. The molecule has 1 saturated carbocycles. The number of piperidine rings is 1. The van der Waals surface area contributed by atoms with Crippen molar-refractivity contribution in [2.75, 3.05) is 6.54 Å². The molecule has 0 unspecified atom stereocenters. The van der Waals surface area contributed by atoms with Gasteiger partial charge < -0.3 is 10.4 Å². The van der Waals surface area contributed by atoms with Gasteiger partial charge in [0.2, 0.25) is 5.91 Å². The number of carboxylic acid groups (broad SMARTS) is 1. The van der Waals surface area contributed by atoms with Gasteiger partial charge in [0.05, 0.1) is 17.1 Å². The second kappa shape index (κ2) is 9.56. The van der Waals surface area contributed by atoms with E-state index in [2.05, 4.69) is 10.2 Å². The predicted octanol–water partition coefficient (Wildman–Crippen LogP) is 3.34. The van der Waals surface area contributed by atoms with E-state index in [9.17, 15) is 14.0 Å². The van der Waals surface area contributed by atoms with Crippen LogP contribution in [0.4, 0.5) is 4.39 Å². The molecule has 5 nitrogen and oxygen atoms in total. The number of hydrogen-bond donors (Lipinski definition) is 2. The molecule has 2 N–H and O–H groups in total. The number of aryl methyl sites for hydroxylation is 1. The standard InChI is InChI=1S/C24H27FN2O3.Li.H/c1-16-14-17(5-10-20(16)25)15-27-13-3-2-4-21(27)22(28)26-24(11-12-24)19-8-6-18(7-9-19)23(29)30;;/h5-10,14,21H,2-4,11-13,15H2,1H3,(H,26,28)(H,29,30);;/t21-;;/m1../s1. The molecule has 0 spiro atoms. The Kier molecular flexibility index (Phi) is 7.26. The molecule has 1 atom stereocenters. The van der Waals surface area contributed by atoms with E-state index in [1.807, 2.05) is 6.07 Å². The van der Waals surface area contributed by atoms with Crippen molar-refractivity contribution in [1.29, 1.82) is 0 Å². The van der Waals surface area contributed by atoms with Crippen molar-refractivity contribution in [1.82, 2.24) is 10.2 Å². The summed E-state index contributed by atoms with van der Waals surface area (Å²) < 4.78 is 13.6. The van der Waals surface area contributed by atoms with Crippen molar-refractivity contribution >= 4 is 30.7 Å². The van der Waals surface area contributed by atoms with E-state index in [1.165, 1.54) is 6.07 Å². The van der Waals surface area contributed by atoms with Crippen molar-refractivity contribution in [3.8, 4) is 0 Å². The average molecular weight is 418 g/mol. The first kappa shape index (κ1) is 23.5. The summed E-state index contributed by atoms with van der Waals surface area (Å²) >= 11 is 0. The van der Waals surface area contributed by atoms with Crippen molar-refractivity contribution in [2.45, 2.75) is 57.2 Å². The number of amides is 1. The van der Waals surface area contributed by atoms with Crippen LogP contribution in [0.5, 0.6) is 0 Å². The van der Waals surface area contributed by atoms with Gasteiger partial charge in [-0.25, -0.2) is 9.18 Å². The topological polar surface area (TPSA) is 69.6 Å². The number of likely N-dealkylation sites (tertiary alicyclic amines) is 1. The average Bonchev–Trinajstić information content (AvgIpc) is 3.52. The monoisotopic (exact) mass is 418 g/mol. The summed E-state index contributed by atoms with van der Waals surface area (Å²) in [5, 5.41) is 12.3. The van der Waals surface area contributed by atoms with Gasteiger partial charge in [-0.15, -0.1) is 0 Å². The molecule has 1 aliphatic carbocycles. The number of carbonyl (C=O) groups is 2. The summed E-state index contributed by atoms with van der Waals surface area (Å²) in [5.74, 6) is -1.14. The molecule has 7 heteroatoms. The normalized spacial score (nSPS) is 19.9. The molecule has 0 radical (unpaired) electrons. The molecule has 2 aromatic rings. The van der Waals surface area contributed by atoms with E-state index in [0.717, 1.165) is 49.8 Å². The Hall–Kier alpha value is -2.13. The van der Waals surface area contributed by atoms with Gasteiger partial charge in [0.1, 0.15) is 5.82 Å². The van der Waals surface area contributed by atoms with Gasteiger partial charge in [-0.3, -0.25) is 9.69 Å². The second-order valence-corrected chi connectivity index (χ2v) is 8.52. The Morgan fingerprint density at radius 3 is 2.48 bits per heavy atom. The number of nitrogens with zero attached hydrogens (tertiary/aromatic N) is 1. The van der Waals surface area contributed by atoms with Gasteiger partial charge >= 0.3 is 24.8 Å². The van der Waals surface area contributed by atoms with Crippen molar-refractivity contribution in [2.24, 2.45) is 0 Å². The Morgan fingerprint density at radius 1 is 1.16 bits per heavy atom. The third-order valence-corrected chi connectivity index (χ3v) is 6.32. The molecular formula is C24H28FLiN2O3. The van der Waals surface area contributed by atoms with Crippen LogP contribution in [0.3, 0.4) is 0 Å². The Bertz CT molecular complexity index is 960. The third-order valence-electron chi connectivity index (χ3n) is 6.32. The molecule has 2 aromatic carbocycles. The van der Waals surface area contributed by atoms with E-state index < -0.39 is 5.97 Å². The summed E-state index contributed by atoms with van der Waals surface area (Å²) in [7, 11) is 0. The van der Waals surface area contributed by atoms with Gasteiger partial charge in [-0.1, -0.05) is 30.7 Å². The number of nitrogens with one attached hydrogen (secondary N) is 1. The van der Waals surface area contributed by atoms with Crippen LogP contribution in [0.2, 0.25) is 0 Å². The predicted molar refractivity (Wildman–Crippen MR) is 119 cm³/mol. The van der Waals surface area contributed by atoms with Crippen molar-refractivity contribution in [3.63, 3.8) is 0 Å². The molecule has 2 fully saturated rings. The fraction of sp³-hybridized carbons (Fsp3) is 0.417. The molecular weight excluding hydrogens is 390 g/mol. The van der Waals surface area contributed by atoms with E-state index in [0.29, 0.717) is 12.1 Å². The number of rotatable bonds is 6. The molecule has 2 aliphatic rings. The van der Waals surface area contributed by atoms with Gasteiger partial charge in [-0.05, 0) is 74.0 Å². The molecule has 1 aliphatic heterocycles. The molecule has 1 heterocycles. The number of carbonyl (C=O) groups excluding carboxylic acids is 1. The maximum absolute atomic E-state index is 13.6. The minimum absolute atomic E-state index is 0. The number of hydrogen-bond acceptors (Lipinski definition) is 3. The zero-order valence-electron chi connectivity index (χ0n) is 17.2. The van der Waals surface area contributed by atoms with Crippen LogP contribution in [0.1, 0.15) is 59.2 Å².